The first-order chi connectivity index (χ1) is 15.1. The zero-order valence-electron chi connectivity index (χ0n) is 17.8. The molecule has 0 bridgehead atoms. The summed E-state index contributed by atoms with van der Waals surface area (Å²) in [4.78, 5) is 31.7. The SMILES string of the molecule is COC(=O)C(C)CN(Cc1ccccc1)C(=O)c1nc(C2CC2)n(-c2ccccc2)n1. The first-order valence-electron chi connectivity index (χ1n) is 10.5. The molecule has 1 amide bonds. The van der Waals surface area contributed by atoms with Gasteiger partial charge in [0.1, 0.15) is 5.82 Å². The summed E-state index contributed by atoms with van der Waals surface area (Å²) in [6.07, 6.45) is 2.10. The van der Waals surface area contributed by atoms with Gasteiger partial charge in [-0.1, -0.05) is 55.5 Å². The average molecular weight is 418 g/mol. The molecule has 0 radical (unpaired) electrons. The van der Waals surface area contributed by atoms with Gasteiger partial charge in [0.2, 0.25) is 5.82 Å². The van der Waals surface area contributed by atoms with Crippen molar-refractivity contribution in [2.45, 2.75) is 32.2 Å². The summed E-state index contributed by atoms with van der Waals surface area (Å²) in [5, 5.41) is 4.57. The van der Waals surface area contributed by atoms with Crippen LogP contribution in [-0.2, 0) is 16.1 Å². The number of para-hydroxylation sites is 1. The molecule has 7 heteroatoms. The van der Waals surface area contributed by atoms with Crippen LogP contribution in [0.25, 0.3) is 5.69 Å². The number of aromatic nitrogens is 3. The molecule has 3 aromatic rings. The minimum atomic E-state index is -0.461. The minimum absolute atomic E-state index is 0.152. The Kier molecular flexibility index (Phi) is 6.11. The molecule has 1 saturated carbocycles. The lowest BCUT2D eigenvalue weighted by Crippen LogP contribution is -2.37. The van der Waals surface area contributed by atoms with Crippen molar-refractivity contribution in [3.05, 3.63) is 77.9 Å². The first-order valence-corrected chi connectivity index (χ1v) is 10.5. The zero-order chi connectivity index (χ0) is 21.8. The van der Waals surface area contributed by atoms with E-state index in [9.17, 15) is 9.59 Å². The molecule has 1 heterocycles. The number of carbonyl (C=O) groups excluding carboxylic acids is 2. The smallest absolute Gasteiger partial charge is 0.310 e. The van der Waals surface area contributed by atoms with Crippen molar-refractivity contribution in [1.82, 2.24) is 19.7 Å². The lowest BCUT2D eigenvalue weighted by molar-refractivity contribution is -0.145. The van der Waals surface area contributed by atoms with Gasteiger partial charge in [-0.25, -0.2) is 9.67 Å². The van der Waals surface area contributed by atoms with Gasteiger partial charge in [0, 0.05) is 19.0 Å². The van der Waals surface area contributed by atoms with Crippen LogP contribution in [0.4, 0.5) is 0 Å². The summed E-state index contributed by atoms with van der Waals surface area (Å²) in [5.41, 5.74) is 1.85. The Morgan fingerprint density at radius 1 is 1.10 bits per heavy atom. The number of amides is 1. The summed E-state index contributed by atoms with van der Waals surface area (Å²) in [6.45, 7) is 2.33. The van der Waals surface area contributed by atoms with Gasteiger partial charge in [0.05, 0.1) is 18.7 Å². The van der Waals surface area contributed by atoms with Gasteiger partial charge < -0.3 is 9.64 Å². The Labute approximate surface area is 181 Å². The van der Waals surface area contributed by atoms with Crippen LogP contribution in [0.3, 0.4) is 0 Å². The van der Waals surface area contributed by atoms with Crippen LogP contribution >= 0.6 is 0 Å². The van der Waals surface area contributed by atoms with Crippen LogP contribution in [0.2, 0.25) is 0 Å². The third-order valence-electron chi connectivity index (χ3n) is 5.37. The number of esters is 1. The van der Waals surface area contributed by atoms with Gasteiger partial charge in [0.15, 0.2) is 0 Å². The molecule has 0 spiro atoms. The Morgan fingerprint density at radius 3 is 2.35 bits per heavy atom. The molecule has 4 rings (SSSR count). The van der Waals surface area contributed by atoms with Crippen molar-refractivity contribution in [2.24, 2.45) is 5.92 Å². The highest BCUT2D eigenvalue weighted by atomic mass is 16.5. The number of hydrogen-bond donors (Lipinski definition) is 0. The molecule has 7 nitrogen and oxygen atoms in total. The summed E-state index contributed by atoms with van der Waals surface area (Å²) in [5.74, 6) is 0.181. The van der Waals surface area contributed by atoms with Crippen LogP contribution in [0.1, 0.15) is 47.7 Å². The highest BCUT2D eigenvalue weighted by Gasteiger charge is 2.33. The van der Waals surface area contributed by atoms with E-state index < -0.39 is 5.92 Å². The number of carbonyl (C=O) groups is 2. The summed E-state index contributed by atoms with van der Waals surface area (Å²) < 4.78 is 6.63. The van der Waals surface area contributed by atoms with Gasteiger partial charge in [-0.15, -0.1) is 5.10 Å². The number of ether oxygens (including phenoxy) is 1. The fourth-order valence-electron chi connectivity index (χ4n) is 3.55. The molecular weight excluding hydrogens is 392 g/mol. The van der Waals surface area contributed by atoms with Gasteiger partial charge in [0.25, 0.3) is 5.91 Å². The van der Waals surface area contributed by atoms with Crippen LogP contribution in [0, 0.1) is 5.92 Å². The number of benzene rings is 2. The highest BCUT2D eigenvalue weighted by molar-refractivity contribution is 5.91. The molecular formula is C24H26N4O3. The number of rotatable bonds is 8. The van der Waals surface area contributed by atoms with Crippen LogP contribution < -0.4 is 0 Å². The number of nitrogens with zero attached hydrogens (tertiary/aromatic N) is 4. The maximum absolute atomic E-state index is 13.5. The molecule has 2 aromatic carbocycles. The Hall–Kier alpha value is -3.48. The Morgan fingerprint density at radius 2 is 1.74 bits per heavy atom. The van der Waals surface area contributed by atoms with Crippen molar-refractivity contribution in [3.8, 4) is 5.69 Å². The summed E-state index contributed by atoms with van der Waals surface area (Å²) >= 11 is 0. The second-order valence-corrected chi connectivity index (χ2v) is 7.91. The molecule has 1 aliphatic carbocycles. The van der Waals surface area contributed by atoms with E-state index in [2.05, 4.69) is 10.1 Å². The maximum atomic E-state index is 13.5. The van der Waals surface area contributed by atoms with Crippen molar-refractivity contribution >= 4 is 11.9 Å². The van der Waals surface area contributed by atoms with Crippen molar-refractivity contribution in [3.63, 3.8) is 0 Å². The maximum Gasteiger partial charge on any atom is 0.310 e. The first kappa shape index (κ1) is 20.8. The lowest BCUT2D eigenvalue weighted by atomic mass is 10.1. The second kappa shape index (κ2) is 9.12. The molecule has 31 heavy (non-hydrogen) atoms. The lowest BCUT2D eigenvalue weighted by Gasteiger charge is -2.24. The van der Waals surface area contributed by atoms with E-state index in [4.69, 9.17) is 4.74 Å². The normalized spacial score (nSPS) is 14.1. The fourth-order valence-corrected chi connectivity index (χ4v) is 3.55. The van der Waals surface area contributed by atoms with E-state index in [1.54, 1.807) is 16.5 Å². The molecule has 0 saturated heterocycles. The van der Waals surface area contributed by atoms with E-state index in [0.29, 0.717) is 12.5 Å². The minimum Gasteiger partial charge on any atom is -0.469 e. The van der Waals surface area contributed by atoms with E-state index in [1.165, 1.54) is 7.11 Å². The van der Waals surface area contributed by atoms with Crippen molar-refractivity contribution < 1.29 is 14.3 Å². The molecule has 0 aliphatic heterocycles. The Balaban J connectivity index is 1.65. The van der Waals surface area contributed by atoms with Crippen LogP contribution in [-0.4, -0.2) is 45.2 Å². The van der Waals surface area contributed by atoms with Gasteiger partial charge in [-0.05, 0) is 30.5 Å². The largest absolute Gasteiger partial charge is 0.469 e. The molecule has 1 atom stereocenters. The van der Waals surface area contributed by atoms with Gasteiger partial charge in [-0.2, -0.15) is 0 Å². The predicted octanol–water partition coefficient (Wildman–Crippen LogP) is 3.60. The van der Waals surface area contributed by atoms with Crippen molar-refractivity contribution in [1.29, 1.82) is 0 Å². The molecule has 1 unspecified atom stereocenters. The van der Waals surface area contributed by atoms with Gasteiger partial charge >= 0.3 is 5.97 Å². The van der Waals surface area contributed by atoms with Gasteiger partial charge in [-0.3, -0.25) is 9.59 Å². The molecule has 1 aliphatic rings. The highest BCUT2D eigenvalue weighted by Crippen LogP contribution is 2.39. The molecule has 0 N–H and O–H groups in total. The molecule has 160 valence electrons. The van der Waals surface area contributed by atoms with E-state index in [1.807, 2.05) is 60.7 Å². The standard InChI is InChI=1S/C24H26N4O3/c1-17(24(30)31-2)15-27(16-18-9-5-3-6-10-18)23(29)21-25-22(19-13-14-19)28(26-21)20-11-7-4-8-12-20/h3-12,17,19H,13-16H2,1-2H3. The Bertz CT molecular complexity index is 1050. The number of hydrogen-bond acceptors (Lipinski definition) is 5. The summed E-state index contributed by atoms with van der Waals surface area (Å²) in [6, 6.07) is 19.4. The topological polar surface area (TPSA) is 77.3 Å². The van der Waals surface area contributed by atoms with E-state index in [0.717, 1.165) is 29.9 Å². The predicted molar refractivity (Wildman–Crippen MR) is 116 cm³/mol. The van der Waals surface area contributed by atoms with Crippen LogP contribution in [0.15, 0.2) is 60.7 Å². The summed E-state index contributed by atoms with van der Waals surface area (Å²) in [7, 11) is 1.35. The fraction of sp³-hybridized carbons (Fsp3) is 0.333. The molecule has 1 fully saturated rings. The third kappa shape index (κ3) is 4.82. The zero-order valence-corrected chi connectivity index (χ0v) is 17.8. The second-order valence-electron chi connectivity index (χ2n) is 7.91. The van der Waals surface area contributed by atoms with E-state index in [-0.39, 0.29) is 24.2 Å². The van der Waals surface area contributed by atoms with Crippen LogP contribution in [0.5, 0.6) is 0 Å². The third-order valence-corrected chi connectivity index (χ3v) is 5.37. The van der Waals surface area contributed by atoms with Crippen molar-refractivity contribution in [2.75, 3.05) is 13.7 Å². The monoisotopic (exact) mass is 418 g/mol. The average Bonchev–Trinajstić information content (AvgIpc) is 3.56. The van der Waals surface area contributed by atoms with E-state index >= 15 is 0 Å². The number of methoxy groups -OCH3 is 1. The quantitative estimate of drug-likeness (QED) is 0.523. The molecule has 1 aromatic heterocycles.